The van der Waals surface area contributed by atoms with Gasteiger partial charge in [-0.05, 0) is 136 Å². The molecule has 1 aliphatic rings. The average Bonchev–Trinajstić information content (AvgIpc) is 3.44. The Hall–Kier alpha value is -3.18. The van der Waals surface area contributed by atoms with E-state index in [-0.39, 0.29) is 0 Å². The third-order valence-electron chi connectivity index (χ3n) is 8.68. The minimum absolute atomic E-state index is 0.294. The Bertz CT molecular complexity index is 1550. The van der Waals surface area contributed by atoms with Crippen LogP contribution in [-0.4, -0.2) is 25.5 Å². The zero-order chi connectivity index (χ0) is 30.8. The van der Waals surface area contributed by atoms with Gasteiger partial charge in [-0.2, -0.15) is 0 Å². The second kappa shape index (κ2) is 13.2. The summed E-state index contributed by atoms with van der Waals surface area (Å²) in [7, 11) is 2.16. The lowest BCUT2D eigenvalue weighted by atomic mass is 10.1. The number of benzene rings is 4. The van der Waals surface area contributed by atoms with Crippen molar-refractivity contribution in [2.45, 2.75) is 59.8 Å². The molecular formula is C39H44O2P2. The molecule has 0 bridgehead atoms. The Morgan fingerprint density at radius 1 is 0.605 bits per heavy atom. The molecule has 1 unspecified atom stereocenters. The van der Waals surface area contributed by atoms with Crippen LogP contribution in [0.2, 0.25) is 0 Å². The zero-order valence-corrected chi connectivity index (χ0v) is 28.8. The Kier molecular flexibility index (Phi) is 9.60. The predicted octanol–water partition coefficient (Wildman–Crippen LogP) is 8.37. The molecule has 43 heavy (non-hydrogen) atoms. The van der Waals surface area contributed by atoms with Crippen LogP contribution in [-0.2, 0) is 0 Å². The van der Waals surface area contributed by atoms with E-state index in [2.05, 4.69) is 139 Å². The molecule has 0 aromatic heterocycles. The quantitative estimate of drug-likeness (QED) is 0.178. The minimum Gasteiger partial charge on any atom is -0.496 e. The van der Waals surface area contributed by atoms with Crippen LogP contribution < -0.4 is 30.7 Å². The molecule has 0 aliphatic heterocycles. The van der Waals surface area contributed by atoms with Gasteiger partial charge in [-0.15, -0.1) is 0 Å². The molecule has 2 nitrogen and oxygen atoms in total. The summed E-state index contributed by atoms with van der Waals surface area (Å²) in [6.07, 6.45) is 7.19. The number of hydrogen-bond donors (Lipinski definition) is 0. The largest absolute Gasteiger partial charge is 0.496 e. The summed E-state index contributed by atoms with van der Waals surface area (Å²) in [5.41, 5.74) is 9.69. The second-order valence-corrected chi connectivity index (χ2v) is 16.5. The molecule has 0 radical (unpaired) electrons. The van der Waals surface area contributed by atoms with Crippen molar-refractivity contribution in [2.24, 2.45) is 0 Å². The van der Waals surface area contributed by atoms with Gasteiger partial charge >= 0.3 is 0 Å². The molecule has 0 spiro atoms. The number of rotatable bonds is 9. The maximum Gasteiger partial charge on any atom is 0.124 e. The van der Waals surface area contributed by atoms with Gasteiger partial charge in [-0.3, -0.25) is 0 Å². The van der Waals surface area contributed by atoms with E-state index >= 15 is 0 Å². The van der Waals surface area contributed by atoms with Crippen LogP contribution in [0.25, 0.3) is 0 Å². The van der Waals surface area contributed by atoms with E-state index in [1.54, 1.807) is 14.2 Å². The van der Waals surface area contributed by atoms with Gasteiger partial charge in [0.25, 0.3) is 0 Å². The highest BCUT2D eigenvalue weighted by atomic mass is 31.1. The fourth-order valence-electron chi connectivity index (χ4n) is 6.71. The molecule has 4 aromatic carbocycles. The van der Waals surface area contributed by atoms with Crippen molar-refractivity contribution in [1.29, 1.82) is 0 Å². The molecule has 0 N–H and O–H groups in total. The van der Waals surface area contributed by atoms with Crippen LogP contribution in [0, 0.1) is 41.5 Å². The summed E-state index contributed by atoms with van der Waals surface area (Å²) >= 11 is 0. The average molecular weight is 607 g/mol. The summed E-state index contributed by atoms with van der Waals surface area (Å²) in [4.78, 5) is 0. The van der Waals surface area contributed by atoms with E-state index in [0.717, 1.165) is 11.5 Å². The summed E-state index contributed by atoms with van der Waals surface area (Å²) < 4.78 is 11.6. The first kappa shape index (κ1) is 31.3. The Labute approximate surface area is 261 Å². The van der Waals surface area contributed by atoms with Gasteiger partial charge in [0.2, 0.25) is 0 Å². The topological polar surface area (TPSA) is 18.5 Å². The van der Waals surface area contributed by atoms with Crippen LogP contribution in [0.3, 0.4) is 0 Å². The first-order valence-electron chi connectivity index (χ1n) is 15.0. The molecule has 0 amide bonds. The molecule has 2 atom stereocenters. The van der Waals surface area contributed by atoms with Crippen molar-refractivity contribution in [3.05, 3.63) is 130 Å². The van der Waals surface area contributed by atoms with Crippen molar-refractivity contribution < 1.29 is 9.47 Å². The van der Waals surface area contributed by atoms with Gasteiger partial charge in [0.15, 0.2) is 0 Å². The van der Waals surface area contributed by atoms with Crippen molar-refractivity contribution in [1.82, 2.24) is 0 Å². The third-order valence-corrected chi connectivity index (χ3v) is 14.4. The highest BCUT2D eigenvalue weighted by Gasteiger charge is 2.35. The van der Waals surface area contributed by atoms with E-state index < -0.39 is 15.8 Å². The standard InChI is InChI=1S/C39H44O2P2/c1-25-15-10-12-18-35(25)42(36-19-13-11-16-26(36)2)31(7)34-17-14-20-37(34)43(32-21-27(3)38(40-8)28(4)22-32)33-23-29(5)39(41-9)30(6)24-33/h10-24,31,37H,1-9H3/t31-,37?/m1/s1. The second-order valence-electron chi connectivity index (χ2n) is 11.7. The maximum atomic E-state index is 5.79. The Balaban J connectivity index is 1.68. The number of allylic oxidation sites excluding steroid dienone is 4. The van der Waals surface area contributed by atoms with Crippen molar-refractivity contribution in [3.63, 3.8) is 0 Å². The van der Waals surface area contributed by atoms with Gasteiger partial charge in [0, 0.05) is 11.3 Å². The lowest BCUT2D eigenvalue weighted by molar-refractivity contribution is 0.408. The summed E-state index contributed by atoms with van der Waals surface area (Å²) in [6.45, 7) is 15.7. The van der Waals surface area contributed by atoms with Crippen LogP contribution in [0.1, 0.15) is 40.3 Å². The molecule has 4 heteroatoms. The van der Waals surface area contributed by atoms with Crippen LogP contribution in [0.4, 0.5) is 0 Å². The summed E-state index contributed by atoms with van der Waals surface area (Å²) in [5, 5.41) is 5.73. The van der Waals surface area contributed by atoms with E-state index in [9.17, 15) is 0 Å². The first-order valence-corrected chi connectivity index (χ1v) is 17.9. The summed E-state index contributed by atoms with van der Waals surface area (Å²) in [6, 6.07) is 27.5. The first-order chi connectivity index (χ1) is 20.7. The number of aryl methyl sites for hydroxylation is 6. The van der Waals surface area contributed by atoms with Crippen LogP contribution in [0.15, 0.2) is 96.6 Å². The highest BCUT2D eigenvalue weighted by molar-refractivity contribution is 7.75. The molecule has 222 valence electrons. The Morgan fingerprint density at radius 2 is 1.02 bits per heavy atom. The number of hydrogen-bond acceptors (Lipinski definition) is 2. The lowest BCUT2D eigenvalue weighted by Crippen LogP contribution is -2.30. The van der Waals surface area contributed by atoms with Crippen LogP contribution >= 0.6 is 15.8 Å². The number of methoxy groups -OCH3 is 2. The normalized spacial score (nSPS) is 15.2. The zero-order valence-electron chi connectivity index (χ0n) is 27.0. The molecule has 1 aliphatic carbocycles. The fraction of sp³-hybridized carbons (Fsp3) is 0.282. The molecule has 0 heterocycles. The van der Waals surface area contributed by atoms with Crippen molar-refractivity contribution in [2.75, 3.05) is 14.2 Å². The number of ether oxygens (including phenoxy) is 2. The monoisotopic (exact) mass is 606 g/mol. The van der Waals surface area contributed by atoms with E-state index in [4.69, 9.17) is 9.47 Å². The SMILES string of the molecule is COc1c(C)cc(P(c2cc(C)c(OC)c(C)c2)C2C=CC=C2[C@@H](C)P(c2ccccc2C)c2ccccc2C)cc1C. The van der Waals surface area contributed by atoms with E-state index in [1.165, 1.54) is 60.2 Å². The Morgan fingerprint density at radius 3 is 1.42 bits per heavy atom. The lowest BCUT2D eigenvalue weighted by Gasteiger charge is -2.35. The molecular weight excluding hydrogens is 562 g/mol. The van der Waals surface area contributed by atoms with Gasteiger partial charge in [0.1, 0.15) is 11.5 Å². The molecule has 5 rings (SSSR count). The van der Waals surface area contributed by atoms with Crippen LogP contribution in [0.5, 0.6) is 11.5 Å². The third kappa shape index (κ3) is 6.11. The van der Waals surface area contributed by atoms with Gasteiger partial charge in [-0.25, -0.2) is 0 Å². The fourth-order valence-corrected chi connectivity index (χ4v) is 13.0. The van der Waals surface area contributed by atoms with Gasteiger partial charge in [-0.1, -0.05) is 79.3 Å². The highest BCUT2D eigenvalue weighted by Crippen LogP contribution is 2.54. The maximum absolute atomic E-state index is 5.79. The molecule has 0 saturated carbocycles. The van der Waals surface area contributed by atoms with Gasteiger partial charge in [0.05, 0.1) is 14.2 Å². The van der Waals surface area contributed by atoms with Crippen molar-refractivity contribution >= 4 is 37.1 Å². The predicted molar refractivity (Wildman–Crippen MR) is 190 cm³/mol. The molecule has 0 fully saturated rings. The van der Waals surface area contributed by atoms with E-state index in [1.807, 2.05) is 0 Å². The molecule has 4 aromatic rings. The minimum atomic E-state index is -0.757. The smallest absolute Gasteiger partial charge is 0.124 e. The van der Waals surface area contributed by atoms with Gasteiger partial charge < -0.3 is 9.47 Å². The van der Waals surface area contributed by atoms with Crippen molar-refractivity contribution in [3.8, 4) is 11.5 Å². The van der Waals surface area contributed by atoms with E-state index in [0.29, 0.717) is 11.3 Å². The summed E-state index contributed by atoms with van der Waals surface area (Å²) in [5.74, 6) is 1.96. The molecule has 0 saturated heterocycles.